The Labute approximate surface area is 161 Å². The Kier molecular flexibility index (Phi) is 5.46. The van der Waals surface area contributed by atoms with E-state index in [2.05, 4.69) is 10.3 Å². The van der Waals surface area contributed by atoms with Crippen LogP contribution in [0.2, 0.25) is 5.02 Å². The Morgan fingerprint density at radius 1 is 1.26 bits per heavy atom. The summed E-state index contributed by atoms with van der Waals surface area (Å²) in [4.78, 5) is 28.4. The molecule has 27 heavy (non-hydrogen) atoms. The van der Waals surface area contributed by atoms with Gasteiger partial charge in [0.1, 0.15) is 11.4 Å². The van der Waals surface area contributed by atoms with Crippen molar-refractivity contribution in [1.29, 1.82) is 0 Å². The number of hydrogen-bond acceptors (Lipinski definition) is 5. The number of aryl methyl sites for hydroxylation is 2. The van der Waals surface area contributed by atoms with Gasteiger partial charge in [0.25, 0.3) is 5.91 Å². The molecular weight excluding hydrogens is 368 g/mol. The molecule has 0 unspecified atom stereocenters. The SMILES string of the molecule is Cc1cc2occ(CC(=O)O[C@@H](C)C(=O)Nc3ccc(Cl)cn3)c2cc1C. The number of amides is 1. The fraction of sp³-hybridized carbons (Fsp3) is 0.250. The van der Waals surface area contributed by atoms with Gasteiger partial charge in [-0.2, -0.15) is 0 Å². The van der Waals surface area contributed by atoms with Crippen LogP contribution in [0.3, 0.4) is 0 Å². The third kappa shape index (κ3) is 4.46. The Bertz CT molecular complexity index is 995. The van der Waals surface area contributed by atoms with Gasteiger partial charge in [-0.3, -0.25) is 9.59 Å². The molecule has 0 saturated heterocycles. The van der Waals surface area contributed by atoms with Crippen LogP contribution in [0.5, 0.6) is 0 Å². The van der Waals surface area contributed by atoms with E-state index < -0.39 is 18.0 Å². The summed E-state index contributed by atoms with van der Waals surface area (Å²) in [6, 6.07) is 7.10. The number of benzene rings is 1. The van der Waals surface area contributed by atoms with E-state index in [1.165, 1.54) is 13.1 Å². The quantitative estimate of drug-likeness (QED) is 0.664. The van der Waals surface area contributed by atoms with Gasteiger partial charge in [0.05, 0.1) is 17.7 Å². The number of pyridine rings is 1. The van der Waals surface area contributed by atoms with E-state index in [-0.39, 0.29) is 6.42 Å². The zero-order chi connectivity index (χ0) is 19.6. The third-order valence-electron chi connectivity index (χ3n) is 4.26. The summed E-state index contributed by atoms with van der Waals surface area (Å²) >= 11 is 5.75. The zero-order valence-corrected chi connectivity index (χ0v) is 16.0. The van der Waals surface area contributed by atoms with Crippen molar-refractivity contribution in [2.75, 3.05) is 5.32 Å². The van der Waals surface area contributed by atoms with Gasteiger partial charge in [-0.05, 0) is 56.2 Å². The van der Waals surface area contributed by atoms with Gasteiger partial charge in [-0.25, -0.2) is 4.98 Å². The van der Waals surface area contributed by atoms with E-state index in [0.29, 0.717) is 10.8 Å². The number of furan rings is 1. The summed E-state index contributed by atoms with van der Waals surface area (Å²) in [5.41, 5.74) is 3.68. The first-order valence-electron chi connectivity index (χ1n) is 8.42. The number of rotatable bonds is 5. The van der Waals surface area contributed by atoms with Crippen LogP contribution in [0.4, 0.5) is 5.82 Å². The third-order valence-corrected chi connectivity index (χ3v) is 4.48. The highest BCUT2D eigenvalue weighted by Gasteiger charge is 2.20. The highest BCUT2D eigenvalue weighted by Crippen LogP contribution is 2.25. The predicted octanol–water partition coefficient (Wildman–Crippen LogP) is 4.21. The second-order valence-electron chi connectivity index (χ2n) is 6.35. The zero-order valence-electron chi connectivity index (χ0n) is 15.2. The number of anilines is 1. The lowest BCUT2D eigenvalue weighted by Gasteiger charge is -2.13. The number of carbonyl (C=O) groups is 2. The smallest absolute Gasteiger partial charge is 0.311 e. The standard InChI is InChI=1S/C20H19ClN2O4/c1-11-6-16-14(10-26-17(16)7-12(11)2)8-19(24)27-13(3)20(25)23-18-5-4-15(21)9-22-18/h4-7,9-10,13H,8H2,1-3H3,(H,22,23,25)/t13-/m0/s1. The van der Waals surface area contributed by atoms with E-state index in [1.54, 1.807) is 18.4 Å². The minimum Gasteiger partial charge on any atom is -0.464 e. The number of carbonyl (C=O) groups excluding carboxylic acids is 2. The number of esters is 1. The minimum atomic E-state index is -0.961. The molecule has 0 radical (unpaired) electrons. The second kappa shape index (κ2) is 7.80. The Balaban J connectivity index is 1.62. The van der Waals surface area contributed by atoms with Gasteiger partial charge >= 0.3 is 5.97 Å². The molecule has 0 bridgehead atoms. The van der Waals surface area contributed by atoms with E-state index in [1.807, 2.05) is 26.0 Å². The van der Waals surface area contributed by atoms with Crippen molar-refractivity contribution in [1.82, 2.24) is 4.98 Å². The summed E-state index contributed by atoms with van der Waals surface area (Å²) in [5.74, 6) is -0.650. The van der Waals surface area contributed by atoms with Crippen LogP contribution in [0, 0.1) is 13.8 Å². The van der Waals surface area contributed by atoms with Crippen molar-refractivity contribution in [3.8, 4) is 0 Å². The molecule has 7 heteroatoms. The maximum absolute atomic E-state index is 12.2. The molecule has 140 valence electrons. The van der Waals surface area contributed by atoms with Gasteiger partial charge < -0.3 is 14.5 Å². The van der Waals surface area contributed by atoms with Gasteiger partial charge in [0.2, 0.25) is 0 Å². The molecule has 6 nitrogen and oxygen atoms in total. The van der Waals surface area contributed by atoms with E-state index in [9.17, 15) is 9.59 Å². The number of aromatic nitrogens is 1. The Hall–Kier alpha value is -2.86. The fourth-order valence-electron chi connectivity index (χ4n) is 2.60. The predicted molar refractivity (Wildman–Crippen MR) is 103 cm³/mol. The molecule has 0 aliphatic carbocycles. The van der Waals surface area contributed by atoms with Gasteiger partial charge in [-0.15, -0.1) is 0 Å². The number of ether oxygens (including phenoxy) is 1. The van der Waals surface area contributed by atoms with E-state index in [0.717, 1.165) is 27.7 Å². The summed E-state index contributed by atoms with van der Waals surface area (Å²) in [5, 5.41) is 3.91. The van der Waals surface area contributed by atoms with Gasteiger partial charge in [0, 0.05) is 17.1 Å². The lowest BCUT2D eigenvalue weighted by atomic mass is 10.0. The first kappa shape index (κ1) is 18.9. The normalized spacial score (nSPS) is 12.0. The lowest BCUT2D eigenvalue weighted by molar-refractivity contribution is -0.152. The maximum Gasteiger partial charge on any atom is 0.311 e. The van der Waals surface area contributed by atoms with Crippen LogP contribution in [-0.4, -0.2) is 23.0 Å². The highest BCUT2D eigenvalue weighted by atomic mass is 35.5. The summed E-state index contributed by atoms with van der Waals surface area (Å²) < 4.78 is 10.8. The average Bonchev–Trinajstić information content (AvgIpc) is 2.98. The number of fused-ring (bicyclic) bond motifs is 1. The molecule has 0 spiro atoms. The van der Waals surface area contributed by atoms with E-state index in [4.69, 9.17) is 20.8 Å². The van der Waals surface area contributed by atoms with Gasteiger partial charge in [0.15, 0.2) is 6.10 Å². The summed E-state index contributed by atoms with van der Waals surface area (Å²) in [6.45, 7) is 5.51. The van der Waals surface area contributed by atoms with Crippen LogP contribution in [0.25, 0.3) is 11.0 Å². The van der Waals surface area contributed by atoms with Crippen LogP contribution < -0.4 is 5.32 Å². The molecule has 1 aromatic carbocycles. The molecule has 1 N–H and O–H groups in total. The van der Waals surface area contributed by atoms with Crippen molar-refractivity contribution >= 4 is 40.3 Å². The van der Waals surface area contributed by atoms with Crippen LogP contribution >= 0.6 is 11.6 Å². The summed E-state index contributed by atoms with van der Waals surface area (Å²) in [6.07, 6.45) is 2.03. The first-order valence-corrected chi connectivity index (χ1v) is 8.80. The highest BCUT2D eigenvalue weighted by molar-refractivity contribution is 6.30. The number of hydrogen-bond donors (Lipinski definition) is 1. The molecule has 1 amide bonds. The van der Waals surface area contributed by atoms with Crippen LogP contribution in [-0.2, 0) is 20.7 Å². The molecular formula is C20H19ClN2O4. The number of nitrogens with one attached hydrogen (secondary N) is 1. The maximum atomic E-state index is 12.2. The largest absolute Gasteiger partial charge is 0.464 e. The molecule has 0 aliphatic heterocycles. The van der Waals surface area contributed by atoms with Crippen molar-refractivity contribution in [2.24, 2.45) is 0 Å². The van der Waals surface area contributed by atoms with Gasteiger partial charge in [-0.1, -0.05) is 11.6 Å². The monoisotopic (exact) mass is 386 g/mol. The van der Waals surface area contributed by atoms with Crippen molar-refractivity contribution in [3.63, 3.8) is 0 Å². The summed E-state index contributed by atoms with van der Waals surface area (Å²) in [7, 11) is 0. The second-order valence-corrected chi connectivity index (χ2v) is 6.79. The molecule has 3 rings (SSSR count). The average molecular weight is 387 g/mol. The van der Waals surface area contributed by atoms with Crippen molar-refractivity contribution in [3.05, 3.63) is 58.4 Å². The molecule has 0 fully saturated rings. The minimum absolute atomic E-state index is 0.0202. The van der Waals surface area contributed by atoms with Crippen molar-refractivity contribution < 1.29 is 18.7 Å². The molecule has 1 atom stereocenters. The molecule has 0 aliphatic rings. The van der Waals surface area contributed by atoms with Crippen LogP contribution in [0.1, 0.15) is 23.6 Å². The number of halogens is 1. The Morgan fingerprint density at radius 3 is 2.70 bits per heavy atom. The topological polar surface area (TPSA) is 81.4 Å². The Morgan fingerprint density at radius 2 is 2.00 bits per heavy atom. The fourth-order valence-corrected chi connectivity index (χ4v) is 2.71. The molecule has 3 aromatic rings. The van der Waals surface area contributed by atoms with Crippen LogP contribution in [0.15, 0.2) is 41.1 Å². The van der Waals surface area contributed by atoms with Crippen molar-refractivity contribution in [2.45, 2.75) is 33.3 Å². The number of nitrogens with zero attached hydrogens (tertiary/aromatic N) is 1. The first-order chi connectivity index (χ1) is 12.8. The van der Waals surface area contributed by atoms with E-state index >= 15 is 0 Å². The molecule has 2 aromatic heterocycles. The lowest BCUT2D eigenvalue weighted by Crippen LogP contribution is -2.30. The molecule has 0 saturated carbocycles. The molecule has 2 heterocycles.